The first kappa shape index (κ1) is 14.1. The zero-order chi connectivity index (χ0) is 13.9. The van der Waals surface area contributed by atoms with Crippen molar-refractivity contribution in [3.63, 3.8) is 0 Å². The molecule has 1 fully saturated rings. The summed E-state index contributed by atoms with van der Waals surface area (Å²) >= 11 is 0. The normalized spacial score (nSPS) is 17.2. The highest BCUT2D eigenvalue weighted by Crippen LogP contribution is 2.25. The molecule has 0 aromatic heterocycles. The fraction of sp³-hybridized carbons (Fsp3) is 0.562. The Hall–Kier alpha value is -1.35. The van der Waals surface area contributed by atoms with Crippen LogP contribution in [0.5, 0.6) is 5.75 Å². The van der Waals surface area contributed by atoms with E-state index in [9.17, 15) is 4.79 Å². The molecule has 1 heterocycles. The van der Waals surface area contributed by atoms with Crippen LogP contribution in [-0.2, 0) is 10.2 Å². The second-order valence-corrected chi connectivity index (χ2v) is 6.22. The number of esters is 1. The average Bonchev–Trinajstić information content (AvgIpc) is 2.39. The minimum absolute atomic E-state index is 0.0449. The summed E-state index contributed by atoms with van der Waals surface area (Å²) in [6.45, 7) is 8.32. The molecule has 2 rings (SSSR count). The van der Waals surface area contributed by atoms with Crippen LogP contribution in [-0.4, -0.2) is 19.1 Å². The standard InChI is InChI=1S/C16H23NO2/c1-16(2,3)13-4-6-14(7-5-13)19-15(18)12-8-10-17-11-9-12/h4-7,12,17H,8-11H2,1-3H3. The number of benzene rings is 1. The SMILES string of the molecule is CC(C)(C)c1ccc(OC(=O)C2CCNCC2)cc1. The Morgan fingerprint density at radius 2 is 1.74 bits per heavy atom. The largest absolute Gasteiger partial charge is 0.426 e. The molecule has 1 aromatic rings. The van der Waals surface area contributed by atoms with Crippen molar-refractivity contribution in [3.05, 3.63) is 29.8 Å². The predicted octanol–water partition coefficient (Wildman–Crippen LogP) is 2.89. The second kappa shape index (κ2) is 5.74. The van der Waals surface area contributed by atoms with Crippen LogP contribution < -0.4 is 10.1 Å². The van der Waals surface area contributed by atoms with Gasteiger partial charge < -0.3 is 10.1 Å². The summed E-state index contributed by atoms with van der Waals surface area (Å²) in [5, 5.41) is 3.25. The number of ether oxygens (including phenoxy) is 1. The smallest absolute Gasteiger partial charge is 0.314 e. The van der Waals surface area contributed by atoms with Crippen molar-refractivity contribution in [1.82, 2.24) is 5.32 Å². The first-order valence-electron chi connectivity index (χ1n) is 7.00. The Labute approximate surface area is 115 Å². The van der Waals surface area contributed by atoms with Gasteiger partial charge in [0.1, 0.15) is 5.75 Å². The topological polar surface area (TPSA) is 38.3 Å². The Morgan fingerprint density at radius 3 is 2.26 bits per heavy atom. The number of carbonyl (C=O) groups excluding carboxylic acids is 1. The van der Waals surface area contributed by atoms with Gasteiger partial charge in [0.25, 0.3) is 0 Å². The van der Waals surface area contributed by atoms with Gasteiger partial charge in [0.2, 0.25) is 0 Å². The number of carbonyl (C=O) groups is 1. The quantitative estimate of drug-likeness (QED) is 0.657. The molecule has 0 radical (unpaired) electrons. The first-order chi connectivity index (χ1) is 8.97. The van der Waals surface area contributed by atoms with Crippen LogP contribution in [0.25, 0.3) is 0 Å². The van der Waals surface area contributed by atoms with Crippen molar-refractivity contribution >= 4 is 5.97 Å². The Bertz CT molecular complexity index is 425. The van der Waals surface area contributed by atoms with Gasteiger partial charge in [-0.2, -0.15) is 0 Å². The number of nitrogens with one attached hydrogen (secondary N) is 1. The van der Waals surface area contributed by atoms with E-state index in [4.69, 9.17) is 4.74 Å². The van der Waals surface area contributed by atoms with Gasteiger partial charge in [0, 0.05) is 0 Å². The summed E-state index contributed by atoms with van der Waals surface area (Å²) in [7, 11) is 0. The number of hydrogen-bond donors (Lipinski definition) is 1. The van der Waals surface area contributed by atoms with Crippen molar-refractivity contribution in [3.8, 4) is 5.75 Å². The van der Waals surface area contributed by atoms with Gasteiger partial charge in [-0.25, -0.2) is 0 Å². The molecule has 0 atom stereocenters. The summed E-state index contributed by atoms with van der Waals surface area (Å²) in [6, 6.07) is 7.84. The van der Waals surface area contributed by atoms with Crippen LogP contribution in [0.2, 0.25) is 0 Å². The van der Waals surface area contributed by atoms with E-state index in [0.29, 0.717) is 5.75 Å². The monoisotopic (exact) mass is 261 g/mol. The molecule has 0 saturated carbocycles. The molecule has 3 nitrogen and oxygen atoms in total. The van der Waals surface area contributed by atoms with Gasteiger partial charge in [-0.1, -0.05) is 32.9 Å². The molecule has 1 N–H and O–H groups in total. The molecule has 19 heavy (non-hydrogen) atoms. The Balaban J connectivity index is 1.97. The van der Waals surface area contributed by atoms with Crippen molar-refractivity contribution in [2.75, 3.05) is 13.1 Å². The molecule has 104 valence electrons. The van der Waals surface area contributed by atoms with E-state index in [1.165, 1.54) is 5.56 Å². The van der Waals surface area contributed by atoms with E-state index in [1.807, 2.05) is 24.3 Å². The minimum atomic E-state index is -0.0926. The number of rotatable bonds is 2. The second-order valence-electron chi connectivity index (χ2n) is 6.22. The zero-order valence-electron chi connectivity index (χ0n) is 12.0. The van der Waals surface area contributed by atoms with Gasteiger partial charge in [0.05, 0.1) is 5.92 Å². The predicted molar refractivity (Wildman–Crippen MR) is 76.4 cm³/mol. The summed E-state index contributed by atoms with van der Waals surface area (Å²) in [6.07, 6.45) is 1.75. The van der Waals surface area contributed by atoms with Gasteiger partial charge >= 0.3 is 5.97 Å². The van der Waals surface area contributed by atoms with E-state index < -0.39 is 0 Å². The molecule has 1 aromatic carbocycles. The fourth-order valence-electron chi connectivity index (χ4n) is 2.28. The third-order valence-electron chi connectivity index (χ3n) is 3.61. The van der Waals surface area contributed by atoms with E-state index in [2.05, 4.69) is 26.1 Å². The van der Waals surface area contributed by atoms with E-state index in [1.54, 1.807) is 0 Å². The van der Waals surface area contributed by atoms with Gasteiger partial charge in [-0.05, 0) is 49.0 Å². The average molecular weight is 261 g/mol. The summed E-state index contributed by atoms with van der Waals surface area (Å²) in [4.78, 5) is 12.0. The zero-order valence-corrected chi connectivity index (χ0v) is 12.0. The Kier molecular flexibility index (Phi) is 4.25. The molecular weight excluding hydrogens is 238 g/mol. The molecule has 0 amide bonds. The lowest BCUT2D eigenvalue weighted by Crippen LogP contribution is -2.33. The van der Waals surface area contributed by atoms with Gasteiger partial charge in [-0.15, -0.1) is 0 Å². The maximum absolute atomic E-state index is 12.0. The molecule has 1 aliphatic heterocycles. The first-order valence-corrected chi connectivity index (χ1v) is 7.00. The van der Waals surface area contributed by atoms with Crippen molar-refractivity contribution < 1.29 is 9.53 Å². The lowest BCUT2D eigenvalue weighted by Gasteiger charge is -2.21. The van der Waals surface area contributed by atoms with Crippen LogP contribution in [0.3, 0.4) is 0 Å². The maximum Gasteiger partial charge on any atom is 0.314 e. The molecular formula is C16H23NO2. The highest BCUT2D eigenvalue weighted by molar-refractivity contribution is 5.75. The summed E-state index contributed by atoms with van der Waals surface area (Å²) in [5.41, 5.74) is 1.37. The molecule has 1 aliphatic rings. The highest BCUT2D eigenvalue weighted by atomic mass is 16.5. The van der Waals surface area contributed by atoms with Crippen molar-refractivity contribution in [2.24, 2.45) is 5.92 Å². The molecule has 0 bridgehead atoms. The van der Waals surface area contributed by atoms with E-state index >= 15 is 0 Å². The lowest BCUT2D eigenvalue weighted by molar-refractivity contribution is -0.139. The number of piperidine rings is 1. The third-order valence-corrected chi connectivity index (χ3v) is 3.61. The maximum atomic E-state index is 12.0. The van der Waals surface area contributed by atoms with Crippen LogP contribution in [0, 0.1) is 5.92 Å². The minimum Gasteiger partial charge on any atom is -0.426 e. The van der Waals surface area contributed by atoms with Crippen LogP contribution >= 0.6 is 0 Å². The van der Waals surface area contributed by atoms with Gasteiger partial charge in [0.15, 0.2) is 0 Å². The van der Waals surface area contributed by atoms with E-state index in [-0.39, 0.29) is 17.3 Å². The molecule has 0 aliphatic carbocycles. The molecule has 0 spiro atoms. The molecule has 0 unspecified atom stereocenters. The van der Waals surface area contributed by atoms with E-state index in [0.717, 1.165) is 25.9 Å². The van der Waals surface area contributed by atoms with Crippen molar-refractivity contribution in [2.45, 2.75) is 39.0 Å². The van der Waals surface area contributed by atoms with Crippen molar-refractivity contribution in [1.29, 1.82) is 0 Å². The molecule has 3 heteroatoms. The lowest BCUT2D eigenvalue weighted by atomic mass is 9.87. The van der Waals surface area contributed by atoms with Gasteiger partial charge in [-0.3, -0.25) is 4.79 Å². The molecule has 1 saturated heterocycles. The highest BCUT2D eigenvalue weighted by Gasteiger charge is 2.23. The third kappa shape index (κ3) is 3.80. The summed E-state index contributed by atoms with van der Waals surface area (Å²) in [5.74, 6) is 0.602. The summed E-state index contributed by atoms with van der Waals surface area (Å²) < 4.78 is 5.45. The van der Waals surface area contributed by atoms with Crippen LogP contribution in [0.1, 0.15) is 39.2 Å². The van der Waals surface area contributed by atoms with Crippen LogP contribution in [0.15, 0.2) is 24.3 Å². The Morgan fingerprint density at radius 1 is 1.16 bits per heavy atom. The fourth-order valence-corrected chi connectivity index (χ4v) is 2.28. The number of hydrogen-bond acceptors (Lipinski definition) is 3. The van der Waals surface area contributed by atoms with Crippen LogP contribution in [0.4, 0.5) is 0 Å².